The maximum atomic E-state index is 5.61. The van der Waals surface area contributed by atoms with Crippen molar-refractivity contribution in [1.82, 2.24) is 5.32 Å². The van der Waals surface area contributed by atoms with Gasteiger partial charge in [-0.1, -0.05) is 25.5 Å². The number of unbranched alkanes of at least 4 members (excludes halogenated alkanes) is 1. The van der Waals surface area contributed by atoms with Crippen LogP contribution in [0.5, 0.6) is 5.75 Å². The molecule has 1 atom stereocenters. The van der Waals surface area contributed by atoms with Gasteiger partial charge in [-0.25, -0.2) is 0 Å². The van der Waals surface area contributed by atoms with Crippen LogP contribution in [0.3, 0.4) is 0 Å². The van der Waals surface area contributed by atoms with Gasteiger partial charge in [0.2, 0.25) is 0 Å². The van der Waals surface area contributed by atoms with E-state index in [1.165, 1.54) is 5.56 Å². The van der Waals surface area contributed by atoms with Crippen molar-refractivity contribution >= 4 is 0 Å². The second kappa shape index (κ2) is 7.76. The van der Waals surface area contributed by atoms with Crippen molar-refractivity contribution < 1.29 is 4.74 Å². The second-order valence-corrected chi connectivity index (χ2v) is 4.02. The summed E-state index contributed by atoms with van der Waals surface area (Å²) < 4.78 is 5.61. The minimum atomic E-state index is 0.227. The number of hydrogen-bond acceptors (Lipinski definition) is 2. The zero-order valence-electron chi connectivity index (χ0n) is 10.7. The molecule has 0 aromatic heterocycles. The predicted molar refractivity (Wildman–Crippen MR) is 72.1 cm³/mol. The van der Waals surface area contributed by atoms with Crippen LogP contribution in [0.15, 0.2) is 24.3 Å². The van der Waals surface area contributed by atoms with Crippen LogP contribution < -0.4 is 10.1 Å². The highest BCUT2D eigenvalue weighted by Crippen LogP contribution is 2.19. The van der Waals surface area contributed by atoms with Crippen LogP contribution in [0.4, 0.5) is 0 Å². The van der Waals surface area contributed by atoms with Crippen LogP contribution in [0.25, 0.3) is 0 Å². The van der Waals surface area contributed by atoms with E-state index >= 15 is 0 Å². The molecular formula is C15H21NO. The number of ether oxygens (including phenoxy) is 1. The minimum Gasteiger partial charge on any atom is -0.494 e. The van der Waals surface area contributed by atoms with E-state index in [1.54, 1.807) is 0 Å². The van der Waals surface area contributed by atoms with Gasteiger partial charge in [0, 0.05) is 12.5 Å². The van der Waals surface area contributed by atoms with Gasteiger partial charge in [-0.15, -0.1) is 12.3 Å². The molecule has 0 spiro atoms. The van der Waals surface area contributed by atoms with E-state index in [0.29, 0.717) is 6.42 Å². The lowest BCUT2D eigenvalue weighted by Gasteiger charge is -2.14. The molecule has 0 amide bonds. The molecule has 1 N–H and O–H groups in total. The fourth-order valence-electron chi connectivity index (χ4n) is 1.64. The molecule has 0 aliphatic rings. The maximum absolute atomic E-state index is 5.61. The summed E-state index contributed by atoms with van der Waals surface area (Å²) in [4.78, 5) is 0. The van der Waals surface area contributed by atoms with Gasteiger partial charge in [-0.2, -0.15) is 0 Å². The fraction of sp³-hybridized carbons (Fsp3) is 0.467. The van der Waals surface area contributed by atoms with Gasteiger partial charge in [0.25, 0.3) is 0 Å². The lowest BCUT2D eigenvalue weighted by molar-refractivity contribution is 0.309. The van der Waals surface area contributed by atoms with E-state index < -0.39 is 0 Å². The predicted octanol–water partition coefficient (Wildman–Crippen LogP) is 3.15. The van der Waals surface area contributed by atoms with Gasteiger partial charge in [0.05, 0.1) is 6.61 Å². The van der Waals surface area contributed by atoms with Crippen LogP contribution in [0.1, 0.15) is 37.8 Å². The third kappa shape index (κ3) is 4.50. The average molecular weight is 231 g/mol. The Morgan fingerprint density at radius 3 is 2.59 bits per heavy atom. The Hall–Kier alpha value is -1.46. The van der Waals surface area contributed by atoms with E-state index in [-0.39, 0.29) is 6.04 Å². The largest absolute Gasteiger partial charge is 0.494 e. The van der Waals surface area contributed by atoms with Crippen LogP contribution in [-0.4, -0.2) is 13.7 Å². The molecule has 1 unspecified atom stereocenters. The zero-order valence-corrected chi connectivity index (χ0v) is 10.7. The summed E-state index contributed by atoms with van der Waals surface area (Å²) in [6.45, 7) is 2.94. The van der Waals surface area contributed by atoms with Gasteiger partial charge in [-0.3, -0.25) is 0 Å². The molecule has 0 radical (unpaired) electrons. The Morgan fingerprint density at radius 1 is 1.35 bits per heavy atom. The van der Waals surface area contributed by atoms with Crippen molar-refractivity contribution in [2.24, 2.45) is 0 Å². The lowest BCUT2D eigenvalue weighted by atomic mass is 10.0. The summed E-state index contributed by atoms with van der Waals surface area (Å²) in [5.41, 5.74) is 1.20. The van der Waals surface area contributed by atoms with Crippen molar-refractivity contribution in [2.75, 3.05) is 13.7 Å². The highest BCUT2D eigenvalue weighted by atomic mass is 16.5. The Kier molecular flexibility index (Phi) is 6.21. The molecule has 92 valence electrons. The number of hydrogen-bond donors (Lipinski definition) is 1. The molecule has 0 bridgehead atoms. The SMILES string of the molecule is C#CCC(NC)c1ccc(OCCCC)cc1. The maximum Gasteiger partial charge on any atom is 0.119 e. The second-order valence-electron chi connectivity index (χ2n) is 4.02. The molecule has 0 fully saturated rings. The summed E-state index contributed by atoms with van der Waals surface area (Å²) in [6, 6.07) is 8.38. The van der Waals surface area contributed by atoms with Gasteiger partial charge < -0.3 is 10.1 Å². The average Bonchev–Trinajstić information content (AvgIpc) is 2.37. The summed E-state index contributed by atoms with van der Waals surface area (Å²) in [7, 11) is 1.92. The molecule has 1 aromatic rings. The topological polar surface area (TPSA) is 21.3 Å². The normalized spacial score (nSPS) is 11.8. The van der Waals surface area contributed by atoms with Crippen molar-refractivity contribution in [2.45, 2.75) is 32.2 Å². The summed E-state index contributed by atoms with van der Waals surface area (Å²) >= 11 is 0. The Bertz CT molecular complexity index is 350. The minimum absolute atomic E-state index is 0.227. The van der Waals surface area contributed by atoms with Crippen LogP contribution in [0, 0.1) is 12.3 Å². The summed E-state index contributed by atoms with van der Waals surface area (Å²) in [6.07, 6.45) is 8.29. The molecular weight excluding hydrogens is 210 g/mol. The first-order valence-electron chi connectivity index (χ1n) is 6.15. The lowest BCUT2D eigenvalue weighted by Crippen LogP contribution is -2.15. The number of benzene rings is 1. The third-order valence-electron chi connectivity index (χ3n) is 2.72. The van der Waals surface area contributed by atoms with Crippen LogP contribution in [-0.2, 0) is 0 Å². The zero-order chi connectivity index (χ0) is 12.5. The Balaban J connectivity index is 2.57. The quantitative estimate of drug-likeness (QED) is 0.575. The molecule has 0 heterocycles. The van der Waals surface area contributed by atoms with E-state index in [0.717, 1.165) is 25.2 Å². The summed E-state index contributed by atoms with van der Waals surface area (Å²) in [5.74, 6) is 3.61. The Morgan fingerprint density at radius 2 is 2.06 bits per heavy atom. The monoisotopic (exact) mass is 231 g/mol. The van der Waals surface area contributed by atoms with Crippen molar-refractivity contribution in [3.63, 3.8) is 0 Å². The van der Waals surface area contributed by atoms with E-state index in [1.807, 2.05) is 19.2 Å². The van der Waals surface area contributed by atoms with Gasteiger partial charge in [-0.05, 0) is 31.2 Å². The standard InChI is InChI=1S/C15H21NO/c1-4-6-12-17-14-10-8-13(9-11-14)15(16-3)7-5-2/h2,8-11,15-16H,4,6-7,12H2,1,3H3. The van der Waals surface area contributed by atoms with Crippen molar-refractivity contribution in [3.05, 3.63) is 29.8 Å². The van der Waals surface area contributed by atoms with Crippen molar-refractivity contribution in [3.8, 4) is 18.1 Å². The molecule has 0 saturated carbocycles. The highest BCUT2D eigenvalue weighted by molar-refractivity contribution is 5.29. The first kappa shape index (κ1) is 13.6. The fourth-order valence-corrected chi connectivity index (χ4v) is 1.64. The molecule has 2 heteroatoms. The molecule has 1 aromatic carbocycles. The van der Waals surface area contributed by atoms with Gasteiger partial charge >= 0.3 is 0 Å². The van der Waals surface area contributed by atoms with Gasteiger partial charge in [0.1, 0.15) is 5.75 Å². The smallest absolute Gasteiger partial charge is 0.119 e. The van der Waals surface area contributed by atoms with Gasteiger partial charge in [0.15, 0.2) is 0 Å². The first-order chi connectivity index (χ1) is 8.31. The molecule has 0 aliphatic heterocycles. The van der Waals surface area contributed by atoms with E-state index in [9.17, 15) is 0 Å². The summed E-state index contributed by atoms with van der Waals surface area (Å²) in [5, 5.41) is 3.21. The Labute approximate surface area is 104 Å². The number of terminal acetylenes is 1. The number of rotatable bonds is 7. The van der Waals surface area contributed by atoms with E-state index in [4.69, 9.17) is 11.2 Å². The van der Waals surface area contributed by atoms with E-state index in [2.05, 4.69) is 30.3 Å². The van der Waals surface area contributed by atoms with Crippen LogP contribution >= 0.6 is 0 Å². The number of nitrogens with one attached hydrogen (secondary N) is 1. The van der Waals surface area contributed by atoms with Crippen molar-refractivity contribution in [1.29, 1.82) is 0 Å². The third-order valence-corrected chi connectivity index (χ3v) is 2.72. The molecule has 0 saturated heterocycles. The molecule has 0 aliphatic carbocycles. The highest BCUT2D eigenvalue weighted by Gasteiger charge is 2.07. The molecule has 17 heavy (non-hydrogen) atoms. The first-order valence-corrected chi connectivity index (χ1v) is 6.15. The van der Waals surface area contributed by atoms with Crippen LogP contribution in [0.2, 0.25) is 0 Å². The molecule has 2 nitrogen and oxygen atoms in total. The molecule has 1 rings (SSSR count).